The van der Waals surface area contributed by atoms with Gasteiger partial charge in [-0.25, -0.2) is 4.39 Å². The van der Waals surface area contributed by atoms with Crippen LogP contribution in [0.4, 0.5) is 14.9 Å². The lowest BCUT2D eigenvalue weighted by Gasteiger charge is -2.12. The summed E-state index contributed by atoms with van der Waals surface area (Å²) in [7, 11) is 0. The zero-order valence-corrected chi connectivity index (χ0v) is 19.8. The zero-order chi connectivity index (χ0) is 24.2. The molecule has 0 spiro atoms. The average molecular weight is 543 g/mol. The maximum Gasteiger partial charge on any atom is 0.293 e. The van der Waals surface area contributed by atoms with Gasteiger partial charge >= 0.3 is 0 Å². The predicted molar refractivity (Wildman–Crippen MR) is 129 cm³/mol. The number of hydrogen-bond acceptors (Lipinski definition) is 6. The highest BCUT2D eigenvalue weighted by molar-refractivity contribution is 9.10. The molecule has 0 radical (unpaired) electrons. The molecule has 3 aromatic rings. The van der Waals surface area contributed by atoms with E-state index in [0.717, 1.165) is 21.1 Å². The van der Waals surface area contributed by atoms with Gasteiger partial charge < -0.3 is 4.74 Å². The van der Waals surface area contributed by atoms with Crippen LogP contribution in [-0.4, -0.2) is 21.0 Å². The van der Waals surface area contributed by atoms with Gasteiger partial charge in [0.1, 0.15) is 18.2 Å². The van der Waals surface area contributed by atoms with Crippen molar-refractivity contribution < 1.29 is 23.6 Å². The van der Waals surface area contributed by atoms with Gasteiger partial charge in [-0.1, -0.05) is 46.3 Å². The molecular formula is C24H16BrFN2O5S. The number of thioether (sulfide) groups is 1. The fourth-order valence-electron chi connectivity index (χ4n) is 3.22. The molecule has 0 unspecified atom stereocenters. The first kappa shape index (κ1) is 23.7. The third kappa shape index (κ3) is 5.35. The minimum absolute atomic E-state index is 0.00321. The summed E-state index contributed by atoms with van der Waals surface area (Å²) in [5.74, 6) is -0.435. The predicted octanol–water partition coefficient (Wildman–Crippen LogP) is 6.31. The van der Waals surface area contributed by atoms with E-state index < -0.39 is 16.1 Å². The van der Waals surface area contributed by atoms with Gasteiger partial charge in [-0.05, 0) is 47.7 Å². The lowest BCUT2D eigenvalue weighted by molar-refractivity contribution is -0.384. The number of hydrogen-bond donors (Lipinski definition) is 0. The molecule has 0 bridgehead atoms. The monoisotopic (exact) mass is 542 g/mol. The van der Waals surface area contributed by atoms with E-state index in [2.05, 4.69) is 15.9 Å². The Hall–Kier alpha value is -3.50. The molecule has 0 atom stereocenters. The summed E-state index contributed by atoms with van der Waals surface area (Å²) in [6.07, 6.45) is 1.56. The molecule has 10 heteroatoms. The summed E-state index contributed by atoms with van der Waals surface area (Å²) in [5, 5.41) is 10.4. The van der Waals surface area contributed by atoms with Gasteiger partial charge in [-0.15, -0.1) is 0 Å². The first-order valence-electron chi connectivity index (χ1n) is 9.96. The van der Waals surface area contributed by atoms with Crippen molar-refractivity contribution in [3.63, 3.8) is 0 Å². The van der Waals surface area contributed by atoms with Gasteiger partial charge in [0.25, 0.3) is 16.8 Å². The summed E-state index contributed by atoms with van der Waals surface area (Å²) < 4.78 is 20.5. The summed E-state index contributed by atoms with van der Waals surface area (Å²) >= 11 is 4.19. The lowest BCUT2D eigenvalue weighted by Crippen LogP contribution is -2.27. The number of benzene rings is 3. The Bertz CT molecular complexity index is 1310. The van der Waals surface area contributed by atoms with Crippen molar-refractivity contribution in [2.75, 3.05) is 0 Å². The number of halogens is 2. The SMILES string of the molecule is O=C1S/C(=C\c2cc(Br)ccc2OCc2ccccc2F)C(=O)N1Cc1ccc([N+](=O)[O-])cc1. The van der Waals surface area contributed by atoms with Crippen LogP contribution in [0.5, 0.6) is 5.75 Å². The Balaban J connectivity index is 1.54. The first-order valence-corrected chi connectivity index (χ1v) is 11.6. The zero-order valence-electron chi connectivity index (χ0n) is 17.4. The van der Waals surface area contributed by atoms with E-state index in [1.807, 2.05) is 0 Å². The Morgan fingerprint density at radius 2 is 1.82 bits per heavy atom. The van der Waals surface area contributed by atoms with E-state index in [4.69, 9.17) is 4.74 Å². The minimum Gasteiger partial charge on any atom is -0.488 e. The maximum atomic E-state index is 13.9. The van der Waals surface area contributed by atoms with Crippen LogP contribution in [0.1, 0.15) is 16.7 Å². The second-order valence-electron chi connectivity index (χ2n) is 7.25. The van der Waals surface area contributed by atoms with Gasteiger partial charge in [0.15, 0.2) is 0 Å². The fourth-order valence-corrected chi connectivity index (χ4v) is 4.43. The molecule has 4 rings (SSSR count). The normalized spacial score (nSPS) is 14.6. The number of imide groups is 1. The third-order valence-corrected chi connectivity index (χ3v) is 6.36. The molecule has 7 nitrogen and oxygen atoms in total. The fraction of sp³-hybridized carbons (Fsp3) is 0.0833. The van der Waals surface area contributed by atoms with Crippen LogP contribution < -0.4 is 4.74 Å². The molecule has 2 amide bonds. The molecule has 0 aliphatic carbocycles. The lowest BCUT2D eigenvalue weighted by atomic mass is 10.1. The van der Waals surface area contributed by atoms with Crippen molar-refractivity contribution in [2.24, 2.45) is 0 Å². The molecule has 1 saturated heterocycles. The molecule has 1 heterocycles. The molecule has 1 aliphatic heterocycles. The first-order chi connectivity index (χ1) is 16.3. The van der Waals surface area contributed by atoms with Crippen molar-refractivity contribution in [3.05, 3.63) is 109 Å². The Morgan fingerprint density at radius 3 is 2.53 bits per heavy atom. The van der Waals surface area contributed by atoms with Gasteiger partial charge in [0.05, 0.1) is 16.4 Å². The van der Waals surface area contributed by atoms with Crippen LogP contribution in [-0.2, 0) is 17.9 Å². The van der Waals surface area contributed by atoms with Crippen molar-refractivity contribution in [1.82, 2.24) is 4.90 Å². The van der Waals surface area contributed by atoms with Crippen LogP contribution in [0, 0.1) is 15.9 Å². The van der Waals surface area contributed by atoms with Crippen molar-refractivity contribution in [1.29, 1.82) is 0 Å². The van der Waals surface area contributed by atoms with E-state index in [0.29, 0.717) is 22.4 Å². The number of nitro benzene ring substituents is 1. The molecule has 1 aliphatic rings. The van der Waals surface area contributed by atoms with E-state index >= 15 is 0 Å². The number of nitro groups is 1. The van der Waals surface area contributed by atoms with E-state index in [1.165, 1.54) is 30.3 Å². The molecule has 1 fully saturated rings. The Labute approximate surface area is 206 Å². The second-order valence-corrected chi connectivity index (χ2v) is 9.16. The number of ether oxygens (including phenoxy) is 1. The highest BCUT2D eigenvalue weighted by Gasteiger charge is 2.35. The van der Waals surface area contributed by atoms with Crippen LogP contribution >= 0.6 is 27.7 Å². The maximum absolute atomic E-state index is 13.9. The van der Waals surface area contributed by atoms with Crippen LogP contribution in [0.2, 0.25) is 0 Å². The summed E-state index contributed by atoms with van der Waals surface area (Å²) in [6, 6.07) is 17.1. The molecular weight excluding hydrogens is 527 g/mol. The van der Waals surface area contributed by atoms with Gasteiger partial charge in [-0.3, -0.25) is 24.6 Å². The molecule has 0 N–H and O–H groups in total. The van der Waals surface area contributed by atoms with E-state index in [1.54, 1.807) is 42.5 Å². The average Bonchev–Trinajstić information content (AvgIpc) is 3.07. The molecule has 0 aromatic heterocycles. The van der Waals surface area contributed by atoms with Crippen molar-refractivity contribution >= 4 is 50.6 Å². The number of carbonyl (C=O) groups excluding carboxylic acids is 2. The van der Waals surface area contributed by atoms with Crippen LogP contribution in [0.3, 0.4) is 0 Å². The summed E-state index contributed by atoms with van der Waals surface area (Å²) in [5.41, 5.74) is 1.45. The molecule has 0 saturated carbocycles. The van der Waals surface area contributed by atoms with E-state index in [9.17, 15) is 24.1 Å². The summed E-state index contributed by atoms with van der Waals surface area (Å²) in [6.45, 7) is -0.00804. The largest absolute Gasteiger partial charge is 0.488 e. The van der Waals surface area contributed by atoms with Crippen LogP contribution in [0.15, 0.2) is 76.1 Å². The molecule has 172 valence electrons. The number of rotatable bonds is 7. The number of carbonyl (C=O) groups is 2. The smallest absolute Gasteiger partial charge is 0.293 e. The molecule has 3 aromatic carbocycles. The van der Waals surface area contributed by atoms with Gasteiger partial charge in [0, 0.05) is 27.7 Å². The number of nitrogens with zero attached hydrogens (tertiary/aromatic N) is 2. The molecule has 34 heavy (non-hydrogen) atoms. The highest BCUT2D eigenvalue weighted by atomic mass is 79.9. The number of non-ortho nitro benzene ring substituents is 1. The van der Waals surface area contributed by atoms with Gasteiger partial charge in [-0.2, -0.15) is 0 Å². The highest BCUT2D eigenvalue weighted by Crippen LogP contribution is 2.36. The summed E-state index contributed by atoms with van der Waals surface area (Å²) in [4.78, 5) is 37.0. The van der Waals surface area contributed by atoms with Crippen LogP contribution in [0.25, 0.3) is 6.08 Å². The Morgan fingerprint density at radius 1 is 1.09 bits per heavy atom. The standard InChI is InChI=1S/C24H16BrFN2O5S/c25-18-7-10-21(33-14-16-3-1-2-4-20(16)26)17(11-18)12-22-23(29)27(24(30)34-22)13-15-5-8-19(9-6-15)28(31)32/h1-12H,13-14H2/b22-12-. The van der Waals surface area contributed by atoms with Crippen molar-refractivity contribution in [2.45, 2.75) is 13.2 Å². The topological polar surface area (TPSA) is 89.8 Å². The Kier molecular flexibility index (Phi) is 7.09. The van der Waals surface area contributed by atoms with Crippen molar-refractivity contribution in [3.8, 4) is 5.75 Å². The third-order valence-electron chi connectivity index (χ3n) is 4.96. The van der Waals surface area contributed by atoms with Gasteiger partial charge in [0.2, 0.25) is 0 Å². The minimum atomic E-state index is -0.517. The second kappa shape index (κ2) is 10.2. The quantitative estimate of drug-likeness (QED) is 0.197. The van der Waals surface area contributed by atoms with E-state index in [-0.39, 0.29) is 29.6 Å². The number of amides is 2.